The van der Waals surface area contributed by atoms with Crippen molar-refractivity contribution in [2.45, 2.75) is 0 Å². The number of nitrogens with two attached hydrogens (primary N) is 1. The summed E-state index contributed by atoms with van der Waals surface area (Å²) in [6.45, 7) is 0. The van der Waals surface area contributed by atoms with Crippen LogP contribution >= 0.6 is 0 Å². The molecule has 1 rings (SSSR count). The number of benzene rings is 1. The molecule has 0 saturated carbocycles. The Morgan fingerprint density at radius 1 is 1.15 bits per heavy atom. The average Bonchev–Trinajstić information content (AvgIpc) is 2.15. The molecule has 0 unspecified atom stereocenters. The second-order valence-electron chi connectivity index (χ2n) is 2.56. The molecule has 1 aromatic carbocycles. The number of hydrogen-bond acceptors (Lipinski definition) is 7. The fourth-order valence-corrected chi connectivity index (χ4v) is 0.650. The molecule has 0 aromatic heterocycles. The van der Waals surface area contributed by atoms with Crippen molar-refractivity contribution >= 4 is 27.9 Å². The molecule has 0 aliphatic rings. The fraction of sp³-hybridized carbons (Fsp3) is 0.125. The van der Waals surface area contributed by atoms with Crippen molar-refractivity contribution in [2.24, 2.45) is 0 Å². The fourth-order valence-electron chi connectivity index (χ4n) is 0.650. The van der Waals surface area contributed by atoms with E-state index >= 15 is 0 Å². The Hall–Kier alpha value is 1.23. The van der Waals surface area contributed by atoms with E-state index in [9.17, 15) is 0 Å². The van der Waals surface area contributed by atoms with Gasteiger partial charge in [0.05, 0.1) is 0 Å². The summed E-state index contributed by atoms with van der Waals surface area (Å²) in [6, 6.07) is 7.61. The first-order valence-electron chi connectivity index (χ1n) is 4.18. The van der Waals surface area contributed by atoms with Crippen LogP contribution in [0, 0.1) is 0 Å². The van der Waals surface area contributed by atoms with Gasteiger partial charge in [0.1, 0.15) is 0 Å². The van der Waals surface area contributed by atoms with Crippen LogP contribution < -0.4 is 114 Å². The monoisotopic (exact) mass is 358 g/mol. The van der Waals surface area contributed by atoms with Crippen LogP contribution in [-0.4, -0.2) is 40.9 Å². The number of rotatable bonds is 1. The molecular formula is C8H12K2N2O7S. The summed E-state index contributed by atoms with van der Waals surface area (Å²) < 4.78 is 34.1. The first-order chi connectivity index (χ1) is 8.06. The van der Waals surface area contributed by atoms with Crippen molar-refractivity contribution in [2.75, 3.05) is 18.1 Å². The summed E-state index contributed by atoms with van der Waals surface area (Å²) >= 11 is 0. The predicted octanol–water partition coefficient (Wildman–Crippen LogP) is -5.80. The van der Waals surface area contributed by atoms with Crippen LogP contribution in [0.15, 0.2) is 24.3 Å². The van der Waals surface area contributed by atoms with E-state index in [1.54, 1.807) is 0 Å². The van der Waals surface area contributed by atoms with Gasteiger partial charge >= 0.3 is 109 Å². The van der Waals surface area contributed by atoms with Gasteiger partial charge in [0, 0.05) is 28.8 Å². The van der Waals surface area contributed by atoms with Crippen LogP contribution in [0.2, 0.25) is 0 Å². The zero-order valence-corrected chi connectivity index (χ0v) is 18.3. The molecule has 104 valence electrons. The summed E-state index contributed by atoms with van der Waals surface area (Å²) in [6.07, 6.45) is -1.83. The van der Waals surface area contributed by atoms with Gasteiger partial charge in [-0.15, -0.1) is 0 Å². The molecule has 5 N–H and O–H groups in total. The third kappa shape index (κ3) is 36.5. The topological polar surface area (TPSA) is 176 Å². The van der Waals surface area contributed by atoms with E-state index < -0.39 is 16.6 Å². The molecule has 12 heteroatoms. The Bertz CT molecular complexity index is 440. The molecule has 0 saturated heterocycles. The second kappa shape index (κ2) is 16.6. The van der Waals surface area contributed by atoms with Crippen LogP contribution in [0.3, 0.4) is 0 Å². The van der Waals surface area contributed by atoms with Crippen molar-refractivity contribution in [3.63, 3.8) is 0 Å². The molecule has 0 spiro atoms. The SMILES string of the molecule is CNc1ccc(N)cc1.O=C(O)O.O=S(=O)([O-])[O-].[K+].[K+]. The maximum absolute atomic E-state index is 8.56. The van der Waals surface area contributed by atoms with Gasteiger partial charge in [0.25, 0.3) is 0 Å². The maximum Gasteiger partial charge on any atom is 1.00 e. The molecule has 9 nitrogen and oxygen atoms in total. The predicted molar refractivity (Wildman–Crippen MR) is 61.5 cm³/mol. The molecule has 20 heavy (non-hydrogen) atoms. The van der Waals surface area contributed by atoms with Crippen molar-refractivity contribution in [1.82, 2.24) is 0 Å². The van der Waals surface area contributed by atoms with Crippen LogP contribution in [0.4, 0.5) is 16.2 Å². The molecular weight excluding hydrogens is 346 g/mol. The van der Waals surface area contributed by atoms with Crippen LogP contribution in [0.25, 0.3) is 0 Å². The van der Waals surface area contributed by atoms with Crippen LogP contribution in [0.1, 0.15) is 0 Å². The van der Waals surface area contributed by atoms with E-state index in [-0.39, 0.29) is 103 Å². The standard InChI is InChI=1S/C7H10N2.CH2O3.2K.H2O4S/c1-9-7-4-2-6(8)3-5-7;2-1(3)4;;;1-5(2,3)4/h2-5,9H,8H2,1H3;(H2,2,3,4);;;(H2,1,2,3,4)/q;;2*+1;/p-2. The number of carbonyl (C=O) groups is 1. The van der Waals surface area contributed by atoms with Gasteiger partial charge in [-0.2, -0.15) is 0 Å². The first-order valence-corrected chi connectivity index (χ1v) is 5.51. The van der Waals surface area contributed by atoms with Crippen LogP contribution in [-0.2, 0) is 10.4 Å². The minimum atomic E-state index is -5.17. The average molecular weight is 358 g/mol. The van der Waals surface area contributed by atoms with Crippen molar-refractivity contribution < 1.29 is 135 Å². The number of anilines is 2. The third-order valence-electron chi connectivity index (χ3n) is 1.20. The smallest absolute Gasteiger partial charge is 0.759 e. The van der Waals surface area contributed by atoms with Crippen LogP contribution in [0.5, 0.6) is 0 Å². The summed E-state index contributed by atoms with van der Waals surface area (Å²) in [5, 5.41) is 16.9. The van der Waals surface area contributed by atoms with Gasteiger partial charge in [0.2, 0.25) is 0 Å². The van der Waals surface area contributed by atoms with Crippen molar-refractivity contribution in [1.29, 1.82) is 0 Å². The Kier molecular flexibility index (Phi) is 24.3. The molecule has 0 bridgehead atoms. The van der Waals surface area contributed by atoms with E-state index in [1.165, 1.54) is 0 Å². The van der Waals surface area contributed by atoms with E-state index in [0.29, 0.717) is 0 Å². The molecule has 1 aromatic rings. The molecule has 0 radical (unpaired) electrons. The Balaban J connectivity index is -0.000000102. The van der Waals surface area contributed by atoms with Gasteiger partial charge < -0.3 is 30.4 Å². The van der Waals surface area contributed by atoms with E-state index in [0.717, 1.165) is 11.4 Å². The molecule has 0 fully saturated rings. The largest absolute Gasteiger partial charge is 1.00 e. The Labute approximate surface area is 201 Å². The minimum absolute atomic E-state index is 0. The zero-order valence-electron chi connectivity index (χ0n) is 11.2. The molecule has 0 heterocycles. The molecule has 0 amide bonds. The van der Waals surface area contributed by atoms with Gasteiger partial charge in [-0.25, -0.2) is 4.79 Å². The third-order valence-corrected chi connectivity index (χ3v) is 1.20. The normalized spacial score (nSPS) is 8.15. The second-order valence-corrected chi connectivity index (χ2v) is 3.38. The summed E-state index contributed by atoms with van der Waals surface area (Å²) in [5.74, 6) is 0. The van der Waals surface area contributed by atoms with E-state index in [1.807, 2.05) is 31.3 Å². The Morgan fingerprint density at radius 2 is 1.40 bits per heavy atom. The number of nitrogen functional groups attached to an aromatic ring is 1. The van der Waals surface area contributed by atoms with Crippen molar-refractivity contribution in [3.8, 4) is 0 Å². The van der Waals surface area contributed by atoms with Gasteiger partial charge in [-0.3, -0.25) is 8.42 Å². The Morgan fingerprint density at radius 3 is 1.60 bits per heavy atom. The first kappa shape index (κ1) is 29.3. The summed E-state index contributed by atoms with van der Waals surface area (Å²) in [4.78, 5) is 8.56. The van der Waals surface area contributed by atoms with Crippen molar-refractivity contribution in [3.05, 3.63) is 24.3 Å². The van der Waals surface area contributed by atoms with Gasteiger partial charge in [-0.05, 0) is 24.3 Å². The quantitative estimate of drug-likeness (QED) is 0.165. The summed E-state index contributed by atoms with van der Waals surface area (Å²) in [5.41, 5.74) is 7.34. The van der Waals surface area contributed by atoms with Gasteiger partial charge in [0.15, 0.2) is 0 Å². The number of nitrogens with one attached hydrogen (secondary N) is 1. The zero-order chi connectivity index (χ0) is 14.8. The molecule has 0 atom stereocenters. The molecule has 0 aliphatic carbocycles. The summed E-state index contributed by atoms with van der Waals surface area (Å²) in [7, 11) is -3.29. The number of hydrogen-bond donors (Lipinski definition) is 4. The minimum Gasteiger partial charge on any atom is -0.759 e. The maximum atomic E-state index is 8.56. The number of carboxylic acid groups (broad SMARTS) is 2. The van der Waals surface area contributed by atoms with E-state index in [2.05, 4.69) is 5.32 Å². The van der Waals surface area contributed by atoms with E-state index in [4.69, 9.17) is 38.3 Å². The van der Waals surface area contributed by atoms with Gasteiger partial charge in [-0.1, -0.05) is 0 Å². The molecule has 0 aliphatic heterocycles.